The second-order valence-corrected chi connectivity index (χ2v) is 5.89. The molecule has 2 aromatic heterocycles. The van der Waals surface area contributed by atoms with E-state index >= 15 is 0 Å². The molecule has 0 spiro atoms. The van der Waals surface area contributed by atoms with E-state index in [0.717, 1.165) is 11.1 Å². The van der Waals surface area contributed by atoms with Gasteiger partial charge in [-0.1, -0.05) is 30.3 Å². The van der Waals surface area contributed by atoms with Gasteiger partial charge >= 0.3 is 5.97 Å². The lowest BCUT2D eigenvalue weighted by molar-refractivity contribution is 0.0526. The van der Waals surface area contributed by atoms with Gasteiger partial charge in [-0.05, 0) is 31.9 Å². The summed E-state index contributed by atoms with van der Waals surface area (Å²) in [5.41, 5.74) is 2.37. The second kappa shape index (κ2) is 7.77. The number of carbonyl (C=O) groups excluding carboxylic acids is 1. The number of hydrogen-bond donors (Lipinski definition) is 1. The lowest BCUT2D eigenvalue weighted by atomic mass is 10.1. The molecule has 0 aliphatic heterocycles. The minimum atomic E-state index is -0.460. The molecule has 2 heterocycles. The number of aryl methyl sites for hydroxylation is 1. The Labute approximate surface area is 152 Å². The molecule has 0 aliphatic rings. The molecular weight excluding hydrogens is 330 g/mol. The molecule has 0 unspecified atom stereocenters. The molecule has 1 aromatic carbocycles. The van der Waals surface area contributed by atoms with Crippen LogP contribution in [0, 0.1) is 6.92 Å². The quantitative estimate of drug-likeness (QED) is 0.686. The van der Waals surface area contributed by atoms with Gasteiger partial charge in [-0.25, -0.2) is 14.5 Å². The van der Waals surface area contributed by atoms with Crippen molar-refractivity contribution in [1.29, 1.82) is 0 Å². The summed E-state index contributed by atoms with van der Waals surface area (Å²) in [6.07, 6.45) is 5.02. The number of nitrogens with zero attached hydrogens (tertiary/aromatic N) is 4. The highest BCUT2D eigenvalue weighted by Crippen LogP contribution is 2.22. The third-order valence-electron chi connectivity index (χ3n) is 3.84. The van der Waals surface area contributed by atoms with Crippen LogP contribution in [0.4, 0.5) is 5.82 Å². The first-order chi connectivity index (χ1) is 12.6. The van der Waals surface area contributed by atoms with Crippen molar-refractivity contribution in [3.8, 4) is 5.95 Å². The molecule has 0 fully saturated rings. The van der Waals surface area contributed by atoms with Crippen molar-refractivity contribution in [2.45, 2.75) is 26.8 Å². The summed E-state index contributed by atoms with van der Waals surface area (Å²) in [6.45, 7) is 5.99. The van der Waals surface area contributed by atoms with Crippen LogP contribution in [0.15, 0.2) is 48.9 Å². The van der Waals surface area contributed by atoms with Gasteiger partial charge < -0.3 is 10.1 Å². The third kappa shape index (κ3) is 3.88. The Morgan fingerprint density at radius 1 is 1.27 bits per heavy atom. The summed E-state index contributed by atoms with van der Waals surface area (Å²) < 4.78 is 6.70. The van der Waals surface area contributed by atoms with E-state index in [1.165, 1.54) is 6.20 Å². The molecule has 0 amide bonds. The van der Waals surface area contributed by atoms with Crippen molar-refractivity contribution in [3.05, 3.63) is 65.6 Å². The number of ether oxygens (including phenoxy) is 1. The van der Waals surface area contributed by atoms with E-state index in [2.05, 4.69) is 20.4 Å². The molecule has 7 nitrogen and oxygen atoms in total. The van der Waals surface area contributed by atoms with E-state index in [0.29, 0.717) is 17.3 Å². The monoisotopic (exact) mass is 351 g/mol. The van der Waals surface area contributed by atoms with Crippen molar-refractivity contribution < 1.29 is 9.53 Å². The molecule has 0 bridgehead atoms. The van der Waals surface area contributed by atoms with Crippen molar-refractivity contribution in [2.24, 2.45) is 0 Å². The predicted octanol–water partition coefficient (Wildman–Crippen LogP) is 3.32. The Kier molecular flexibility index (Phi) is 5.26. The maximum atomic E-state index is 12.3. The van der Waals surface area contributed by atoms with Crippen LogP contribution in [0.3, 0.4) is 0 Å². The first-order valence-corrected chi connectivity index (χ1v) is 8.45. The minimum Gasteiger partial charge on any atom is -0.462 e. The molecule has 0 saturated heterocycles. The number of nitrogens with one attached hydrogen (secondary N) is 1. The Morgan fingerprint density at radius 3 is 2.69 bits per heavy atom. The number of aromatic nitrogens is 4. The van der Waals surface area contributed by atoms with E-state index in [1.807, 2.05) is 50.4 Å². The average Bonchev–Trinajstić information content (AvgIpc) is 3.09. The minimum absolute atomic E-state index is 0.0496. The van der Waals surface area contributed by atoms with Gasteiger partial charge in [0.1, 0.15) is 11.4 Å². The van der Waals surface area contributed by atoms with Crippen molar-refractivity contribution in [2.75, 3.05) is 11.9 Å². The Bertz CT molecular complexity index is 892. The number of carbonyl (C=O) groups is 1. The highest BCUT2D eigenvalue weighted by atomic mass is 16.5. The zero-order valence-electron chi connectivity index (χ0n) is 15.0. The van der Waals surface area contributed by atoms with Gasteiger partial charge in [0.05, 0.1) is 12.8 Å². The summed E-state index contributed by atoms with van der Waals surface area (Å²) >= 11 is 0. The van der Waals surface area contributed by atoms with Crippen molar-refractivity contribution >= 4 is 11.8 Å². The van der Waals surface area contributed by atoms with Crippen molar-refractivity contribution in [3.63, 3.8) is 0 Å². The number of benzene rings is 1. The summed E-state index contributed by atoms with van der Waals surface area (Å²) in [5.74, 6) is 0.338. The van der Waals surface area contributed by atoms with Gasteiger partial charge in [-0.2, -0.15) is 10.1 Å². The van der Waals surface area contributed by atoms with E-state index in [9.17, 15) is 4.79 Å². The molecule has 1 atom stereocenters. The fourth-order valence-electron chi connectivity index (χ4n) is 2.50. The SMILES string of the molecule is CCOC(=O)c1cnc(-n2cc(C)cn2)nc1N[C@H](C)c1ccccc1. The maximum absolute atomic E-state index is 12.3. The van der Waals surface area contributed by atoms with Crippen LogP contribution in [0.2, 0.25) is 0 Å². The van der Waals surface area contributed by atoms with Crippen LogP contribution in [0.5, 0.6) is 0 Å². The Hall–Kier alpha value is -3.22. The third-order valence-corrected chi connectivity index (χ3v) is 3.84. The van der Waals surface area contributed by atoms with Crippen LogP contribution < -0.4 is 5.32 Å². The first-order valence-electron chi connectivity index (χ1n) is 8.45. The lowest BCUT2D eigenvalue weighted by Crippen LogP contribution is -2.16. The Morgan fingerprint density at radius 2 is 2.04 bits per heavy atom. The average molecular weight is 351 g/mol. The standard InChI is InChI=1S/C19H21N5O2/c1-4-26-18(25)16-11-20-19(24-12-13(2)10-21-24)23-17(16)22-14(3)15-8-6-5-7-9-15/h5-12,14H,4H2,1-3H3,(H,20,22,23)/t14-/m1/s1. The highest BCUT2D eigenvalue weighted by Gasteiger charge is 2.19. The van der Waals surface area contributed by atoms with Crippen LogP contribution >= 0.6 is 0 Å². The summed E-state index contributed by atoms with van der Waals surface area (Å²) in [5, 5.41) is 7.51. The van der Waals surface area contributed by atoms with Crippen LogP contribution in [-0.2, 0) is 4.74 Å². The largest absolute Gasteiger partial charge is 0.462 e. The smallest absolute Gasteiger partial charge is 0.343 e. The van der Waals surface area contributed by atoms with Crippen molar-refractivity contribution in [1.82, 2.24) is 19.7 Å². The van der Waals surface area contributed by atoms with Gasteiger partial charge in [0.15, 0.2) is 0 Å². The molecule has 7 heteroatoms. The molecule has 134 valence electrons. The second-order valence-electron chi connectivity index (χ2n) is 5.89. The summed E-state index contributed by atoms with van der Waals surface area (Å²) in [6, 6.07) is 9.88. The predicted molar refractivity (Wildman–Crippen MR) is 98.3 cm³/mol. The normalized spacial score (nSPS) is 11.8. The zero-order valence-corrected chi connectivity index (χ0v) is 15.0. The number of hydrogen-bond acceptors (Lipinski definition) is 6. The molecule has 0 radical (unpaired) electrons. The lowest BCUT2D eigenvalue weighted by Gasteiger charge is -2.17. The topological polar surface area (TPSA) is 81.9 Å². The molecule has 0 aliphatic carbocycles. The van der Waals surface area contributed by atoms with Gasteiger partial charge in [-0.15, -0.1) is 0 Å². The number of anilines is 1. The highest BCUT2D eigenvalue weighted by molar-refractivity contribution is 5.94. The van der Waals surface area contributed by atoms with Gasteiger partial charge in [0, 0.05) is 18.4 Å². The van der Waals surface area contributed by atoms with Crippen LogP contribution in [-0.4, -0.2) is 32.3 Å². The fraction of sp³-hybridized carbons (Fsp3) is 0.263. The van der Waals surface area contributed by atoms with Crippen LogP contribution in [0.1, 0.15) is 41.4 Å². The van der Waals surface area contributed by atoms with E-state index in [-0.39, 0.29) is 12.6 Å². The number of esters is 1. The summed E-state index contributed by atoms with van der Waals surface area (Å²) in [4.78, 5) is 21.0. The molecule has 1 N–H and O–H groups in total. The summed E-state index contributed by atoms with van der Waals surface area (Å²) in [7, 11) is 0. The first kappa shape index (κ1) is 17.6. The van der Waals surface area contributed by atoms with Crippen LogP contribution in [0.25, 0.3) is 5.95 Å². The van der Waals surface area contributed by atoms with E-state index in [1.54, 1.807) is 17.8 Å². The van der Waals surface area contributed by atoms with Gasteiger partial charge in [0.25, 0.3) is 5.95 Å². The maximum Gasteiger partial charge on any atom is 0.343 e. The molecule has 3 aromatic rings. The van der Waals surface area contributed by atoms with Gasteiger partial charge in [-0.3, -0.25) is 0 Å². The number of rotatable bonds is 6. The molecule has 26 heavy (non-hydrogen) atoms. The van der Waals surface area contributed by atoms with E-state index in [4.69, 9.17) is 4.74 Å². The molecule has 3 rings (SSSR count). The molecule has 0 saturated carbocycles. The Balaban J connectivity index is 1.96. The van der Waals surface area contributed by atoms with Gasteiger partial charge in [0.2, 0.25) is 0 Å². The zero-order chi connectivity index (χ0) is 18.5. The molecular formula is C19H21N5O2. The van der Waals surface area contributed by atoms with E-state index < -0.39 is 5.97 Å². The fourth-order valence-corrected chi connectivity index (χ4v) is 2.50.